The Labute approximate surface area is 181 Å². The van der Waals surface area contributed by atoms with Crippen molar-refractivity contribution in [2.24, 2.45) is 16.6 Å². The average molecular weight is 525 g/mol. The smallest absolute Gasteiger partial charge is 0.387 e. The van der Waals surface area contributed by atoms with Gasteiger partial charge in [-0.3, -0.25) is 4.52 Å². The second-order valence-corrected chi connectivity index (χ2v) is 11.5. The molecule has 6 atom stereocenters. The minimum Gasteiger partial charge on any atom is -0.387 e. The standard InChI is InChI=1S/C13H23FN3O12P3/c1-7(2)13(6-26-31(22,23)29-32(24,25)28-30(19,20)21)11(18)10(14)12(27-13)17-5-4-9(15)16-8(17)3/h4-5,7,10-12,18H,3,6H2,1-2H3,(H2,15,16)(H,22,23)(H,24,25)(H2,19,20,21)/t10-,11-,12+,13-/m0/s1. The van der Waals surface area contributed by atoms with Crippen LogP contribution in [0.1, 0.15) is 13.8 Å². The van der Waals surface area contributed by atoms with Crippen LogP contribution in [0.3, 0.4) is 0 Å². The first kappa shape index (κ1) is 27.3. The molecule has 2 aliphatic rings. The second kappa shape index (κ2) is 9.34. The van der Waals surface area contributed by atoms with Crippen molar-refractivity contribution in [3.8, 4) is 0 Å². The molecular weight excluding hydrogens is 502 g/mol. The fourth-order valence-electron chi connectivity index (χ4n) is 2.96. The third-order valence-corrected chi connectivity index (χ3v) is 8.28. The molecule has 2 heterocycles. The summed E-state index contributed by atoms with van der Waals surface area (Å²) in [5.74, 6) is -0.691. The number of nitrogens with zero attached hydrogens (tertiary/aromatic N) is 2. The van der Waals surface area contributed by atoms with Crippen molar-refractivity contribution in [2.75, 3.05) is 6.61 Å². The molecule has 0 radical (unpaired) electrons. The molecule has 0 aromatic carbocycles. The number of phosphoric ester groups is 1. The summed E-state index contributed by atoms with van der Waals surface area (Å²) in [6.45, 7) is 5.50. The summed E-state index contributed by atoms with van der Waals surface area (Å²) in [6, 6.07) is 0. The Balaban J connectivity index is 2.21. The Kier molecular flexibility index (Phi) is 7.95. The van der Waals surface area contributed by atoms with E-state index in [1.54, 1.807) is 0 Å². The van der Waals surface area contributed by atoms with E-state index in [9.17, 15) is 33.0 Å². The molecule has 32 heavy (non-hydrogen) atoms. The Morgan fingerprint density at radius 3 is 2.38 bits per heavy atom. The van der Waals surface area contributed by atoms with Crippen molar-refractivity contribution in [3.63, 3.8) is 0 Å². The zero-order valence-electron chi connectivity index (χ0n) is 16.7. The van der Waals surface area contributed by atoms with E-state index in [0.717, 1.165) is 4.90 Å². The molecular formula is C13H23FN3O12P3. The molecule has 2 unspecified atom stereocenters. The van der Waals surface area contributed by atoms with Gasteiger partial charge >= 0.3 is 23.5 Å². The first-order chi connectivity index (χ1) is 14.4. The molecule has 0 spiro atoms. The van der Waals surface area contributed by atoms with Gasteiger partial charge in [-0.15, -0.1) is 0 Å². The molecule has 15 nitrogen and oxygen atoms in total. The number of hydrogen-bond donors (Lipinski definition) is 6. The van der Waals surface area contributed by atoms with Gasteiger partial charge in [0.1, 0.15) is 23.4 Å². The van der Waals surface area contributed by atoms with Gasteiger partial charge < -0.3 is 40.1 Å². The summed E-state index contributed by atoms with van der Waals surface area (Å²) >= 11 is 0. The van der Waals surface area contributed by atoms with Crippen LogP contribution in [0, 0.1) is 5.92 Å². The molecule has 0 aromatic rings. The zero-order valence-corrected chi connectivity index (χ0v) is 19.3. The van der Waals surface area contributed by atoms with Crippen molar-refractivity contribution >= 4 is 29.3 Å². The number of rotatable bonds is 9. The molecule has 2 aliphatic heterocycles. The highest BCUT2D eigenvalue weighted by molar-refractivity contribution is 7.66. The van der Waals surface area contributed by atoms with Crippen LogP contribution in [0.2, 0.25) is 0 Å². The zero-order chi connectivity index (χ0) is 24.7. The Morgan fingerprint density at radius 1 is 1.28 bits per heavy atom. The number of nitrogens with two attached hydrogens (primary N) is 1. The van der Waals surface area contributed by atoms with Gasteiger partial charge in [0.2, 0.25) is 0 Å². The van der Waals surface area contributed by atoms with Crippen molar-refractivity contribution < 1.29 is 60.6 Å². The van der Waals surface area contributed by atoms with Gasteiger partial charge in [-0.25, -0.2) is 23.1 Å². The van der Waals surface area contributed by atoms with E-state index in [1.165, 1.54) is 26.1 Å². The summed E-state index contributed by atoms with van der Waals surface area (Å²) in [6.07, 6.45) is -2.91. The fraction of sp³-hybridized carbons (Fsp3) is 0.615. The number of aliphatic hydroxyl groups is 1. The molecule has 0 aromatic heterocycles. The van der Waals surface area contributed by atoms with Crippen LogP contribution in [-0.2, 0) is 31.6 Å². The molecule has 184 valence electrons. The van der Waals surface area contributed by atoms with Crippen molar-refractivity contribution in [1.29, 1.82) is 0 Å². The van der Waals surface area contributed by atoms with Crippen LogP contribution in [-0.4, -0.2) is 66.1 Å². The van der Waals surface area contributed by atoms with E-state index in [1.807, 2.05) is 0 Å². The number of hydrogen-bond acceptors (Lipinski definition) is 11. The van der Waals surface area contributed by atoms with Crippen molar-refractivity contribution in [1.82, 2.24) is 4.90 Å². The lowest BCUT2D eigenvalue weighted by atomic mass is 9.85. The number of phosphoric acid groups is 3. The number of amidine groups is 1. The Bertz CT molecular complexity index is 954. The minimum absolute atomic E-state index is 0.0164. The summed E-state index contributed by atoms with van der Waals surface area (Å²) in [4.78, 5) is 41.0. The van der Waals surface area contributed by atoms with Crippen LogP contribution in [0.4, 0.5) is 4.39 Å². The van der Waals surface area contributed by atoms with E-state index in [4.69, 9.17) is 20.3 Å². The molecule has 7 N–H and O–H groups in total. The van der Waals surface area contributed by atoms with Crippen LogP contribution in [0.25, 0.3) is 0 Å². The monoisotopic (exact) mass is 525 g/mol. The molecule has 0 bridgehead atoms. The fourth-order valence-corrected chi connectivity index (χ4v) is 6.02. The summed E-state index contributed by atoms with van der Waals surface area (Å²) in [5, 5.41) is 10.5. The molecule has 0 saturated carbocycles. The van der Waals surface area contributed by atoms with Gasteiger partial charge in [0, 0.05) is 6.20 Å². The highest BCUT2D eigenvalue weighted by atomic mass is 31.3. The lowest BCUT2D eigenvalue weighted by Gasteiger charge is -2.36. The summed E-state index contributed by atoms with van der Waals surface area (Å²) < 4.78 is 66.7. The van der Waals surface area contributed by atoms with Gasteiger partial charge in [0.15, 0.2) is 12.4 Å². The van der Waals surface area contributed by atoms with Crippen LogP contribution < -0.4 is 5.73 Å². The third-order valence-electron chi connectivity index (χ3n) is 4.50. The Morgan fingerprint density at radius 2 is 1.88 bits per heavy atom. The van der Waals surface area contributed by atoms with Crippen LogP contribution in [0.15, 0.2) is 29.7 Å². The molecule has 2 rings (SSSR count). The minimum atomic E-state index is -5.75. The van der Waals surface area contributed by atoms with E-state index < -0.39 is 60.1 Å². The van der Waals surface area contributed by atoms with E-state index >= 15 is 0 Å². The first-order valence-electron chi connectivity index (χ1n) is 8.67. The normalized spacial score (nSPS) is 32.7. The van der Waals surface area contributed by atoms with E-state index in [2.05, 4.69) is 24.7 Å². The predicted molar refractivity (Wildman–Crippen MR) is 105 cm³/mol. The lowest BCUT2D eigenvalue weighted by molar-refractivity contribution is -0.155. The maximum Gasteiger partial charge on any atom is 0.490 e. The SMILES string of the molecule is C=C1N=C(N)C=CN1[C@@H]1O[C@@](COP(=O)(O)OP(=O)(O)OP(=O)(O)O)(C(C)C)[C@@H](O)[C@@H]1F. The predicted octanol–water partition coefficient (Wildman–Crippen LogP) is 0.438. The highest BCUT2D eigenvalue weighted by Crippen LogP contribution is 2.66. The van der Waals surface area contributed by atoms with Crippen molar-refractivity contribution in [2.45, 2.75) is 38.0 Å². The molecule has 1 saturated heterocycles. The number of alkyl halides is 1. The van der Waals surface area contributed by atoms with E-state index in [0.29, 0.717) is 0 Å². The van der Waals surface area contributed by atoms with Gasteiger partial charge in [-0.1, -0.05) is 20.4 Å². The van der Waals surface area contributed by atoms with Gasteiger partial charge in [-0.05, 0) is 12.0 Å². The van der Waals surface area contributed by atoms with Gasteiger partial charge in [-0.2, -0.15) is 8.62 Å². The van der Waals surface area contributed by atoms with Crippen molar-refractivity contribution in [3.05, 3.63) is 24.7 Å². The van der Waals surface area contributed by atoms with E-state index in [-0.39, 0.29) is 11.7 Å². The summed E-state index contributed by atoms with van der Waals surface area (Å²) in [5.41, 5.74) is 3.55. The molecule has 0 aliphatic carbocycles. The maximum absolute atomic E-state index is 15.0. The number of ether oxygens (including phenoxy) is 1. The van der Waals surface area contributed by atoms with Gasteiger partial charge in [0.25, 0.3) is 0 Å². The lowest BCUT2D eigenvalue weighted by Crippen LogP contribution is -2.50. The second-order valence-electron chi connectivity index (χ2n) is 7.05. The number of aliphatic imine (C=N–C) groups is 1. The molecule has 1 fully saturated rings. The topological polar surface area (TPSA) is 231 Å². The quantitative estimate of drug-likeness (QED) is 0.224. The molecule has 0 amide bonds. The van der Waals surface area contributed by atoms with Gasteiger partial charge in [0.05, 0.1) is 6.61 Å². The largest absolute Gasteiger partial charge is 0.490 e. The maximum atomic E-state index is 15.0. The highest BCUT2D eigenvalue weighted by Gasteiger charge is 2.59. The molecule has 19 heteroatoms. The third kappa shape index (κ3) is 6.32. The average Bonchev–Trinajstić information content (AvgIpc) is 2.83. The first-order valence-corrected chi connectivity index (χ1v) is 13.2. The van der Waals surface area contributed by atoms with Crippen LogP contribution >= 0.6 is 23.5 Å². The van der Waals surface area contributed by atoms with Crippen LogP contribution in [0.5, 0.6) is 0 Å². The Hall–Kier alpha value is -0.990. The number of halogens is 1. The summed E-state index contributed by atoms with van der Waals surface area (Å²) in [7, 11) is -16.9. The number of aliphatic hydroxyl groups excluding tert-OH is 1.